The molecule has 1 N–H and O–H groups in total. The second kappa shape index (κ2) is 9.65. The lowest BCUT2D eigenvalue weighted by atomic mass is 10.4. The molecule has 5 nitrogen and oxygen atoms in total. The van der Waals surface area contributed by atoms with E-state index in [0.717, 1.165) is 32.6 Å². The standard InChI is InChI=1S/C13H23N3O2/c1-3-5-10-17-11-6-8-14-13-15-9-7-12(16-13)18-4-2/h7,9H,3-6,8,10-11H2,1-2H3,(H,14,15,16). The lowest BCUT2D eigenvalue weighted by molar-refractivity contribution is 0.131. The van der Waals surface area contributed by atoms with Gasteiger partial charge in [0.1, 0.15) is 0 Å². The maximum atomic E-state index is 5.47. The fourth-order valence-corrected chi connectivity index (χ4v) is 1.38. The molecule has 102 valence electrons. The van der Waals surface area contributed by atoms with Gasteiger partial charge in [-0.3, -0.25) is 0 Å². The quantitative estimate of drug-likeness (QED) is 0.649. The van der Waals surface area contributed by atoms with Crippen LogP contribution in [0.4, 0.5) is 5.95 Å². The highest BCUT2D eigenvalue weighted by molar-refractivity contribution is 5.27. The Morgan fingerprint density at radius 1 is 1.22 bits per heavy atom. The number of unbranched alkanes of at least 4 members (excludes halogenated alkanes) is 1. The molecule has 0 aliphatic carbocycles. The van der Waals surface area contributed by atoms with Crippen LogP contribution in [0.25, 0.3) is 0 Å². The summed E-state index contributed by atoms with van der Waals surface area (Å²) >= 11 is 0. The average Bonchev–Trinajstić information content (AvgIpc) is 2.39. The highest BCUT2D eigenvalue weighted by Gasteiger charge is 1.98. The molecule has 5 heteroatoms. The minimum Gasteiger partial charge on any atom is -0.478 e. The van der Waals surface area contributed by atoms with Crippen LogP contribution in [0.15, 0.2) is 12.3 Å². The fourth-order valence-electron chi connectivity index (χ4n) is 1.38. The van der Waals surface area contributed by atoms with Gasteiger partial charge in [-0.25, -0.2) is 4.98 Å². The minimum absolute atomic E-state index is 0.606. The highest BCUT2D eigenvalue weighted by atomic mass is 16.5. The van der Waals surface area contributed by atoms with Crippen molar-refractivity contribution < 1.29 is 9.47 Å². The molecule has 1 heterocycles. The number of hydrogen-bond acceptors (Lipinski definition) is 5. The average molecular weight is 253 g/mol. The smallest absolute Gasteiger partial charge is 0.225 e. The molecule has 0 bridgehead atoms. The molecule has 0 aliphatic heterocycles. The van der Waals surface area contributed by atoms with E-state index in [-0.39, 0.29) is 0 Å². The first-order valence-electron chi connectivity index (χ1n) is 6.64. The van der Waals surface area contributed by atoms with Crippen molar-refractivity contribution in [3.63, 3.8) is 0 Å². The number of nitrogens with zero attached hydrogens (tertiary/aromatic N) is 2. The third kappa shape index (κ3) is 6.39. The SMILES string of the molecule is CCCCOCCCNc1nccc(OCC)n1. The van der Waals surface area contributed by atoms with Crippen molar-refractivity contribution in [3.8, 4) is 5.88 Å². The van der Waals surface area contributed by atoms with Crippen LogP contribution in [0, 0.1) is 0 Å². The number of ether oxygens (including phenoxy) is 2. The third-order valence-corrected chi connectivity index (χ3v) is 2.31. The summed E-state index contributed by atoms with van der Waals surface area (Å²) in [6.45, 7) is 7.14. The molecule has 0 fully saturated rings. The molecule has 0 radical (unpaired) electrons. The Kier molecular flexibility index (Phi) is 7.88. The highest BCUT2D eigenvalue weighted by Crippen LogP contribution is 2.07. The normalized spacial score (nSPS) is 10.3. The van der Waals surface area contributed by atoms with Crippen LogP contribution >= 0.6 is 0 Å². The summed E-state index contributed by atoms with van der Waals surface area (Å²) in [6, 6.07) is 1.75. The van der Waals surface area contributed by atoms with Crippen LogP contribution in [-0.4, -0.2) is 36.3 Å². The van der Waals surface area contributed by atoms with E-state index in [0.29, 0.717) is 18.4 Å². The van der Waals surface area contributed by atoms with Gasteiger partial charge < -0.3 is 14.8 Å². The van der Waals surface area contributed by atoms with Crippen molar-refractivity contribution in [1.82, 2.24) is 9.97 Å². The molecule has 0 aliphatic rings. The van der Waals surface area contributed by atoms with E-state index >= 15 is 0 Å². The van der Waals surface area contributed by atoms with Gasteiger partial charge in [0.05, 0.1) is 6.61 Å². The van der Waals surface area contributed by atoms with Crippen LogP contribution in [0.3, 0.4) is 0 Å². The first-order valence-corrected chi connectivity index (χ1v) is 6.64. The predicted molar refractivity (Wildman–Crippen MR) is 72.0 cm³/mol. The summed E-state index contributed by atoms with van der Waals surface area (Å²) in [5.74, 6) is 1.21. The Bertz CT molecular complexity index is 321. The molecule has 1 aromatic heterocycles. The summed E-state index contributed by atoms with van der Waals surface area (Å²) < 4.78 is 10.8. The topological polar surface area (TPSA) is 56.3 Å². The molecule has 0 aromatic carbocycles. The lowest BCUT2D eigenvalue weighted by Crippen LogP contribution is -2.09. The maximum Gasteiger partial charge on any atom is 0.225 e. The van der Waals surface area contributed by atoms with Gasteiger partial charge in [-0.05, 0) is 19.8 Å². The van der Waals surface area contributed by atoms with Crippen molar-refractivity contribution in [2.45, 2.75) is 33.1 Å². The van der Waals surface area contributed by atoms with Gasteiger partial charge in [-0.15, -0.1) is 0 Å². The van der Waals surface area contributed by atoms with Gasteiger partial charge in [-0.1, -0.05) is 13.3 Å². The van der Waals surface area contributed by atoms with Crippen molar-refractivity contribution >= 4 is 5.95 Å². The van der Waals surface area contributed by atoms with Crippen molar-refractivity contribution in [3.05, 3.63) is 12.3 Å². The van der Waals surface area contributed by atoms with Crippen LogP contribution in [0.1, 0.15) is 33.1 Å². The van der Waals surface area contributed by atoms with Gasteiger partial charge >= 0.3 is 0 Å². The summed E-state index contributed by atoms with van der Waals surface area (Å²) in [5.41, 5.74) is 0. The molecular weight excluding hydrogens is 230 g/mol. The molecular formula is C13H23N3O2. The van der Waals surface area contributed by atoms with E-state index in [9.17, 15) is 0 Å². The van der Waals surface area contributed by atoms with Crippen molar-refractivity contribution in [2.24, 2.45) is 0 Å². The largest absolute Gasteiger partial charge is 0.478 e. The van der Waals surface area contributed by atoms with Gasteiger partial charge in [0, 0.05) is 32.0 Å². The van der Waals surface area contributed by atoms with Crippen LogP contribution in [-0.2, 0) is 4.74 Å². The number of anilines is 1. The first-order chi connectivity index (χ1) is 8.86. The van der Waals surface area contributed by atoms with E-state index in [1.807, 2.05) is 6.92 Å². The summed E-state index contributed by atoms with van der Waals surface area (Å²) in [4.78, 5) is 8.35. The Labute approximate surface area is 109 Å². The molecule has 1 rings (SSSR count). The summed E-state index contributed by atoms with van der Waals surface area (Å²) in [7, 11) is 0. The van der Waals surface area contributed by atoms with Gasteiger partial charge in [-0.2, -0.15) is 4.98 Å². The van der Waals surface area contributed by atoms with Crippen molar-refractivity contribution in [1.29, 1.82) is 0 Å². The van der Waals surface area contributed by atoms with Crippen molar-refractivity contribution in [2.75, 3.05) is 31.7 Å². The molecule has 0 spiro atoms. The van der Waals surface area contributed by atoms with Gasteiger partial charge in [0.15, 0.2) is 0 Å². The molecule has 0 amide bonds. The van der Waals surface area contributed by atoms with Crippen LogP contribution in [0.5, 0.6) is 5.88 Å². The molecule has 0 atom stereocenters. The Balaban J connectivity index is 2.13. The zero-order valence-electron chi connectivity index (χ0n) is 11.3. The third-order valence-electron chi connectivity index (χ3n) is 2.31. The summed E-state index contributed by atoms with van der Waals surface area (Å²) in [5, 5.41) is 3.15. The Hall–Kier alpha value is -1.36. The van der Waals surface area contributed by atoms with E-state index in [4.69, 9.17) is 9.47 Å². The number of nitrogens with one attached hydrogen (secondary N) is 1. The van der Waals surface area contributed by atoms with Crippen LogP contribution < -0.4 is 10.1 Å². The lowest BCUT2D eigenvalue weighted by Gasteiger charge is -2.07. The van der Waals surface area contributed by atoms with Crippen LogP contribution in [0.2, 0.25) is 0 Å². The molecule has 1 aromatic rings. The predicted octanol–water partition coefficient (Wildman–Crippen LogP) is 2.49. The second-order valence-corrected chi connectivity index (χ2v) is 3.90. The van der Waals surface area contributed by atoms with E-state index in [2.05, 4.69) is 22.2 Å². The monoisotopic (exact) mass is 253 g/mol. The minimum atomic E-state index is 0.606. The summed E-state index contributed by atoms with van der Waals surface area (Å²) in [6.07, 6.45) is 4.95. The van der Waals surface area contributed by atoms with E-state index in [1.165, 1.54) is 6.42 Å². The van der Waals surface area contributed by atoms with Gasteiger partial charge in [0.2, 0.25) is 11.8 Å². The van der Waals surface area contributed by atoms with E-state index in [1.54, 1.807) is 12.3 Å². The number of rotatable bonds is 10. The molecule has 0 saturated heterocycles. The number of aromatic nitrogens is 2. The zero-order valence-corrected chi connectivity index (χ0v) is 11.3. The first kappa shape index (κ1) is 14.7. The van der Waals surface area contributed by atoms with Gasteiger partial charge in [0.25, 0.3) is 0 Å². The number of hydrogen-bond donors (Lipinski definition) is 1. The van der Waals surface area contributed by atoms with E-state index < -0.39 is 0 Å². The Morgan fingerprint density at radius 3 is 2.83 bits per heavy atom. The fraction of sp³-hybridized carbons (Fsp3) is 0.692. The Morgan fingerprint density at radius 2 is 2.06 bits per heavy atom. The maximum absolute atomic E-state index is 5.47. The molecule has 0 saturated carbocycles. The molecule has 0 unspecified atom stereocenters. The molecule has 18 heavy (non-hydrogen) atoms. The second-order valence-electron chi connectivity index (χ2n) is 3.90. The zero-order chi connectivity index (χ0) is 13.1.